The molecule has 0 unspecified atom stereocenters. The van der Waals surface area contributed by atoms with E-state index in [9.17, 15) is 0 Å². The third kappa shape index (κ3) is 2.83. The zero-order valence-electron chi connectivity index (χ0n) is 10.5. The van der Waals surface area contributed by atoms with Crippen molar-refractivity contribution in [3.05, 3.63) is 28.2 Å². The van der Waals surface area contributed by atoms with Gasteiger partial charge in [-0.15, -0.1) is 0 Å². The van der Waals surface area contributed by atoms with E-state index in [-0.39, 0.29) is 0 Å². The van der Waals surface area contributed by atoms with Crippen LogP contribution in [0.4, 0.5) is 5.69 Å². The Morgan fingerprint density at radius 1 is 1.35 bits per heavy atom. The molecule has 0 aromatic heterocycles. The van der Waals surface area contributed by atoms with Gasteiger partial charge < -0.3 is 10.6 Å². The first kappa shape index (κ1) is 12.9. The van der Waals surface area contributed by atoms with E-state index in [0.29, 0.717) is 12.6 Å². The number of anilines is 1. The number of hydrogen-bond acceptors (Lipinski definition) is 2. The van der Waals surface area contributed by atoms with Crippen LogP contribution in [-0.4, -0.2) is 12.6 Å². The highest BCUT2D eigenvalue weighted by atomic mass is 79.9. The van der Waals surface area contributed by atoms with Gasteiger partial charge in [0.05, 0.1) is 0 Å². The molecule has 0 spiro atoms. The number of benzene rings is 1. The van der Waals surface area contributed by atoms with Crippen molar-refractivity contribution in [3.63, 3.8) is 0 Å². The van der Waals surface area contributed by atoms with Crippen LogP contribution < -0.4 is 10.6 Å². The minimum absolute atomic E-state index is 0.609. The molecular weight excluding hydrogens is 276 g/mol. The molecule has 17 heavy (non-hydrogen) atoms. The predicted molar refractivity (Wildman–Crippen MR) is 77.3 cm³/mol. The second-order valence-corrected chi connectivity index (χ2v) is 5.62. The van der Waals surface area contributed by atoms with E-state index in [1.165, 1.54) is 36.9 Å². The van der Waals surface area contributed by atoms with Gasteiger partial charge in [-0.3, -0.25) is 0 Å². The molecule has 0 heterocycles. The fourth-order valence-corrected chi connectivity index (χ4v) is 3.25. The van der Waals surface area contributed by atoms with Gasteiger partial charge in [0, 0.05) is 29.3 Å². The van der Waals surface area contributed by atoms with Gasteiger partial charge in [-0.25, -0.2) is 0 Å². The van der Waals surface area contributed by atoms with E-state index < -0.39 is 0 Å². The molecule has 1 fully saturated rings. The van der Waals surface area contributed by atoms with Crippen molar-refractivity contribution in [2.24, 2.45) is 5.73 Å². The molecule has 3 heteroatoms. The molecule has 0 amide bonds. The lowest BCUT2D eigenvalue weighted by Gasteiger charge is -2.31. The Balaban J connectivity index is 2.29. The van der Waals surface area contributed by atoms with Gasteiger partial charge in [0.1, 0.15) is 0 Å². The third-order valence-corrected chi connectivity index (χ3v) is 4.17. The zero-order chi connectivity index (χ0) is 12.3. The first-order valence-corrected chi connectivity index (χ1v) is 7.30. The zero-order valence-corrected chi connectivity index (χ0v) is 12.0. The molecule has 2 rings (SSSR count). The van der Waals surface area contributed by atoms with Crippen LogP contribution in [0.25, 0.3) is 0 Å². The summed E-state index contributed by atoms with van der Waals surface area (Å²) in [4.78, 5) is 2.53. The van der Waals surface area contributed by atoms with E-state index in [1.807, 2.05) is 0 Å². The lowest BCUT2D eigenvalue weighted by molar-refractivity contribution is 0.617. The standard InChI is InChI=1S/C14H21BrN2/c1-2-17(13-5-3-4-6-13)14-8-7-12(15)9-11(14)10-16/h7-9,13H,2-6,10,16H2,1H3. The second-order valence-electron chi connectivity index (χ2n) is 4.70. The normalized spacial score (nSPS) is 16.4. The molecule has 1 aromatic carbocycles. The molecular formula is C14H21BrN2. The smallest absolute Gasteiger partial charge is 0.0414 e. The first-order valence-electron chi connectivity index (χ1n) is 6.51. The van der Waals surface area contributed by atoms with Crippen molar-refractivity contribution in [3.8, 4) is 0 Å². The summed E-state index contributed by atoms with van der Waals surface area (Å²) in [6.07, 6.45) is 5.40. The summed E-state index contributed by atoms with van der Waals surface area (Å²) in [5.41, 5.74) is 8.43. The van der Waals surface area contributed by atoms with E-state index >= 15 is 0 Å². The van der Waals surface area contributed by atoms with Gasteiger partial charge in [-0.05, 0) is 43.5 Å². The molecule has 1 aromatic rings. The van der Waals surface area contributed by atoms with Gasteiger partial charge in [-0.1, -0.05) is 28.8 Å². The Hall–Kier alpha value is -0.540. The van der Waals surface area contributed by atoms with Crippen molar-refractivity contribution in [1.82, 2.24) is 0 Å². The van der Waals surface area contributed by atoms with Crippen molar-refractivity contribution in [2.45, 2.75) is 45.2 Å². The van der Waals surface area contributed by atoms with Crippen LogP contribution in [0.3, 0.4) is 0 Å². The fourth-order valence-electron chi connectivity index (χ4n) is 2.84. The van der Waals surface area contributed by atoms with E-state index in [1.54, 1.807) is 0 Å². The van der Waals surface area contributed by atoms with Gasteiger partial charge in [-0.2, -0.15) is 0 Å². The van der Waals surface area contributed by atoms with Crippen molar-refractivity contribution in [2.75, 3.05) is 11.4 Å². The Labute approximate surface area is 112 Å². The summed E-state index contributed by atoms with van der Waals surface area (Å²) < 4.78 is 1.11. The molecule has 94 valence electrons. The average molecular weight is 297 g/mol. The summed E-state index contributed by atoms with van der Waals surface area (Å²) in [5, 5.41) is 0. The summed E-state index contributed by atoms with van der Waals surface area (Å²) in [6.45, 7) is 3.91. The third-order valence-electron chi connectivity index (χ3n) is 3.68. The number of halogens is 1. The van der Waals surface area contributed by atoms with Crippen LogP contribution in [0.15, 0.2) is 22.7 Å². The van der Waals surface area contributed by atoms with Crippen LogP contribution in [0, 0.1) is 0 Å². The highest BCUT2D eigenvalue weighted by molar-refractivity contribution is 9.10. The summed E-state index contributed by atoms with van der Waals surface area (Å²) in [6, 6.07) is 7.18. The van der Waals surface area contributed by atoms with E-state index in [0.717, 1.165) is 11.0 Å². The number of nitrogens with zero attached hydrogens (tertiary/aromatic N) is 1. The highest BCUT2D eigenvalue weighted by Crippen LogP contribution is 2.31. The molecule has 2 N–H and O–H groups in total. The van der Waals surface area contributed by atoms with Gasteiger partial charge in [0.2, 0.25) is 0 Å². The molecule has 1 aliphatic rings. The quantitative estimate of drug-likeness (QED) is 0.918. The lowest BCUT2D eigenvalue weighted by Crippen LogP contribution is -2.33. The van der Waals surface area contributed by atoms with E-state index in [4.69, 9.17) is 5.73 Å². The Morgan fingerprint density at radius 3 is 2.65 bits per heavy atom. The second kappa shape index (κ2) is 5.87. The highest BCUT2D eigenvalue weighted by Gasteiger charge is 2.22. The molecule has 0 radical (unpaired) electrons. The Bertz CT molecular complexity index is 372. The van der Waals surface area contributed by atoms with Crippen LogP contribution in [0.1, 0.15) is 38.2 Å². The Morgan fingerprint density at radius 2 is 2.06 bits per heavy atom. The summed E-state index contributed by atoms with van der Waals surface area (Å²) >= 11 is 3.52. The molecule has 0 aliphatic heterocycles. The van der Waals surface area contributed by atoms with Crippen LogP contribution in [0.2, 0.25) is 0 Å². The van der Waals surface area contributed by atoms with Crippen molar-refractivity contribution >= 4 is 21.6 Å². The molecule has 1 aliphatic carbocycles. The van der Waals surface area contributed by atoms with Gasteiger partial charge >= 0.3 is 0 Å². The molecule has 0 bridgehead atoms. The van der Waals surface area contributed by atoms with Crippen LogP contribution in [-0.2, 0) is 6.54 Å². The minimum Gasteiger partial charge on any atom is -0.369 e. The summed E-state index contributed by atoms with van der Waals surface area (Å²) in [7, 11) is 0. The lowest BCUT2D eigenvalue weighted by atomic mass is 10.1. The first-order chi connectivity index (χ1) is 8.26. The number of hydrogen-bond donors (Lipinski definition) is 1. The maximum absolute atomic E-state index is 5.86. The Kier molecular flexibility index (Phi) is 4.46. The monoisotopic (exact) mass is 296 g/mol. The maximum atomic E-state index is 5.86. The van der Waals surface area contributed by atoms with Crippen LogP contribution in [0.5, 0.6) is 0 Å². The van der Waals surface area contributed by atoms with E-state index in [2.05, 4.69) is 46.0 Å². The largest absolute Gasteiger partial charge is 0.369 e. The SMILES string of the molecule is CCN(c1ccc(Br)cc1CN)C1CCCC1. The number of rotatable bonds is 4. The predicted octanol–water partition coefficient (Wildman–Crippen LogP) is 3.68. The average Bonchev–Trinajstić information content (AvgIpc) is 2.85. The topological polar surface area (TPSA) is 29.3 Å². The molecule has 0 saturated heterocycles. The molecule has 0 atom stereocenters. The molecule has 2 nitrogen and oxygen atoms in total. The van der Waals surface area contributed by atoms with Crippen molar-refractivity contribution < 1.29 is 0 Å². The number of nitrogens with two attached hydrogens (primary N) is 1. The maximum Gasteiger partial charge on any atom is 0.0414 e. The van der Waals surface area contributed by atoms with Gasteiger partial charge in [0.25, 0.3) is 0 Å². The fraction of sp³-hybridized carbons (Fsp3) is 0.571. The summed E-state index contributed by atoms with van der Waals surface area (Å²) in [5.74, 6) is 0. The molecule has 1 saturated carbocycles. The van der Waals surface area contributed by atoms with Crippen molar-refractivity contribution in [1.29, 1.82) is 0 Å². The van der Waals surface area contributed by atoms with Crippen LogP contribution >= 0.6 is 15.9 Å². The minimum atomic E-state index is 0.609. The van der Waals surface area contributed by atoms with Gasteiger partial charge in [0.15, 0.2) is 0 Å².